The number of hydrogen-bond acceptors (Lipinski definition) is 5. The van der Waals surface area contributed by atoms with E-state index in [0.29, 0.717) is 11.5 Å². The smallest absolute Gasteiger partial charge is 0.255 e. The second kappa shape index (κ2) is 6.13. The molecule has 2 N–H and O–H groups in total. The molecule has 0 saturated heterocycles. The van der Waals surface area contributed by atoms with Crippen LogP contribution in [0, 0.1) is 0 Å². The molecule has 7 heteroatoms. The van der Waals surface area contributed by atoms with Gasteiger partial charge >= 0.3 is 0 Å². The Morgan fingerprint density at radius 1 is 1.09 bits per heavy atom. The molecule has 2 aromatic heterocycles. The van der Waals surface area contributed by atoms with Gasteiger partial charge in [-0.15, -0.1) is 0 Å². The fourth-order valence-electron chi connectivity index (χ4n) is 2.00. The minimum Gasteiger partial charge on any atom is -0.483 e. The van der Waals surface area contributed by atoms with Crippen LogP contribution in [0.4, 0.5) is 0 Å². The van der Waals surface area contributed by atoms with E-state index in [4.69, 9.17) is 15.2 Å². The van der Waals surface area contributed by atoms with Gasteiger partial charge < -0.3 is 15.2 Å². The number of aromatic nitrogens is 3. The number of carbonyl (C=O) groups excluding carboxylic acids is 1. The summed E-state index contributed by atoms with van der Waals surface area (Å²) in [5.41, 5.74) is 6.68. The molecule has 0 bridgehead atoms. The van der Waals surface area contributed by atoms with Crippen molar-refractivity contribution in [3.63, 3.8) is 0 Å². The zero-order valence-electron chi connectivity index (χ0n) is 11.7. The summed E-state index contributed by atoms with van der Waals surface area (Å²) in [5, 5.41) is 4.15. The molecule has 0 aliphatic carbocycles. The third kappa shape index (κ3) is 2.98. The fraction of sp³-hybridized carbons (Fsp3) is 0.133. The van der Waals surface area contributed by atoms with Gasteiger partial charge in [-0.05, 0) is 24.3 Å². The van der Waals surface area contributed by atoms with Gasteiger partial charge in [0.2, 0.25) is 0 Å². The highest BCUT2D eigenvalue weighted by Crippen LogP contribution is 2.27. The summed E-state index contributed by atoms with van der Waals surface area (Å²) < 4.78 is 12.8. The number of para-hydroxylation sites is 2. The molecule has 22 heavy (non-hydrogen) atoms. The minimum absolute atomic E-state index is 0.195. The third-order valence-electron chi connectivity index (χ3n) is 2.97. The van der Waals surface area contributed by atoms with E-state index >= 15 is 0 Å². The Kier molecular flexibility index (Phi) is 3.86. The lowest BCUT2D eigenvalue weighted by atomic mass is 10.3. The van der Waals surface area contributed by atoms with E-state index in [0.717, 1.165) is 11.3 Å². The topological polar surface area (TPSA) is 91.7 Å². The van der Waals surface area contributed by atoms with Crippen LogP contribution >= 0.6 is 0 Å². The van der Waals surface area contributed by atoms with Gasteiger partial charge in [-0.25, -0.2) is 9.50 Å². The largest absolute Gasteiger partial charge is 0.483 e. The quantitative estimate of drug-likeness (QED) is 0.737. The monoisotopic (exact) mass is 298 g/mol. The number of nitrogens with zero attached hydrogens (tertiary/aromatic N) is 3. The van der Waals surface area contributed by atoms with E-state index in [2.05, 4.69) is 10.1 Å². The van der Waals surface area contributed by atoms with Gasteiger partial charge in [-0.1, -0.05) is 18.2 Å². The number of pyridine rings is 1. The van der Waals surface area contributed by atoms with Crippen LogP contribution in [0.15, 0.2) is 48.8 Å². The molecule has 0 spiro atoms. The van der Waals surface area contributed by atoms with Gasteiger partial charge in [-0.3, -0.25) is 4.79 Å². The van der Waals surface area contributed by atoms with Crippen molar-refractivity contribution in [3.8, 4) is 11.5 Å². The average Bonchev–Trinajstić information content (AvgIpc) is 3.00. The SMILES string of the molecule is NC(=O)COc1ccccc1OCc1cccc2ncnn12. The summed E-state index contributed by atoms with van der Waals surface area (Å²) in [6.07, 6.45) is 1.49. The molecule has 0 unspecified atom stereocenters. The first-order chi connectivity index (χ1) is 10.7. The van der Waals surface area contributed by atoms with Crippen LogP contribution in [0.25, 0.3) is 5.65 Å². The van der Waals surface area contributed by atoms with Crippen molar-refractivity contribution < 1.29 is 14.3 Å². The third-order valence-corrected chi connectivity index (χ3v) is 2.97. The molecule has 112 valence electrons. The standard InChI is InChI=1S/C15H14N4O3/c16-14(20)9-22-13-6-2-1-5-12(13)21-8-11-4-3-7-15-17-10-18-19(11)15/h1-7,10H,8-9H2,(H2,16,20). The summed E-state index contributed by atoms with van der Waals surface area (Å²) in [6, 6.07) is 12.7. The first-order valence-corrected chi connectivity index (χ1v) is 6.64. The number of carbonyl (C=O) groups is 1. The molecule has 0 aliphatic rings. The molecule has 1 amide bonds. The number of primary amides is 1. The molecular formula is C15H14N4O3. The molecule has 0 fully saturated rings. The van der Waals surface area contributed by atoms with Crippen molar-refractivity contribution in [3.05, 3.63) is 54.5 Å². The van der Waals surface area contributed by atoms with Gasteiger partial charge in [0.25, 0.3) is 5.91 Å². The zero-order chi connectivity index (χ0) is 15.4. The fourth-order valence-corrected chi connectivity index (χ4v) is 2.00. The van der Waals surface area contributed by atoms with Crippen molar-refractivity contribution in [2.75, 3.05) is 6.61 Å². The highest BCUT2D eigenvalue weighted by molar-refractivity contribution is 5.75. The molecule has 3 rings (SSSR count). The average molecular weight is 298 g/mol. The van der Waals surface area contributed by atoms with E-state index in [9.17, 15) is 4.79 Å². The van der Waals surface area contributed by atoms with Crippen molar-refractivity contribution >= 4 is 11.6 Å². The molecule has 0 saturated carbocycles. The predicted octanol–water partition coefficient (Wildman–Crippen LogP) is 1.17. The van der Waals surface area contributed by atoms with Crippen LogP contribution in [-0.4, -0.2) is 27.1 Å². The Morgan fingerprint density at radius 2 is 1.86 bits per heavy atom. The van der Waals surface area contributed by atoms with E-state index < -0.39 is 5.91 Å². The highest BCUT2D eigenvalue weighted by Gasteiger charge is 2.08. The Morgan fingerprint density at radius 3 is 2.64 bits per heavy atom. The van der Waals surface area contributed by atoms with E-state index in [1.165, 1.54) is 6.33 Å². The van der Waals surface area contributed by atoms with Crippen molar-refractivity contribution in [1.82, 2.24) is 14.6 Å². The lowest BCUT2D eigenvalue weighted by Crippen LogP contribution is -2.20. The van der Waals surface area contributed by atoms with Gasteiger partial charge in [0.1, 0.15) is 12.9 Å². The van der Waals surface area contributed by atoms with Gasteiger partial charge in [0, 0.05) is 0 Å². The molecule has 2 heterocycles. The second-order valence-electron chi connectivity index (χ2n) is 4.54. The van der Waals surface area contributed by atoms with Crippen LogP contribution in [-0.2, 0) is 11.4 Å². The summed E-state index contributed by atoms with van der Waals surface area (Å²) in [7, 11) is 0. The van der Waals surface area contributed by atoms with Crippen LogP contribution in [0.1, 0.15) is 5.69 Å². The Labute approximate surface area is 126 Å². The maximum atomic E-state index is 10.8. The second-order valence-corrected chi connectivity index (χ2v) is 4.54. The first-order valence-electron chi connectivity index (χ1n) is 6.64. The lowest BCUT2D eigenvalue weighted by molar-refractivity contribution is -0.119. The summed E-state index contributed by atoms with van der Waals surface area (Å²) in [6.45, 7) is 0.0939. The molecule has 0 radical (unpaired) electrons. The van der Waals surface area contributed by atoms with E-state index in [1.807, 2.05) is 24.3 Å². The molecule has 3 aromatic rings. The van der Waals surface area contributed by atoms with Gasteiger partial charge in [0.15, 0.2) is 23.8 Å². The van der Waals surface area contributed by atoms with Gasteiger partial charge in [0.05, 0.1) is 5.69 Å². The Hall–Kier alpha value is -3.09. The van der Waals surface area contributed by atoms with Crippen LogP contribution in [0.5, 0.6) is 11.5 Å². The summed E-state index contributed by atoms with van der Waals surface area (Å²) in [5.74, 6) is 0.454. The highest BCUT2D eigenvalue weighted by atomic mass is 16.5. The first kappa shape index (κ1) is 13.9. The number of ether oxygens (including phenoxy) is 2. The van der Waals surface area contributed by atoms with E-state index in [-0.39, 0.29) is 13.2 Å². The Bertz CT molecular complexity index is 800. The molecule has 0 atom stereocenters. The minimum atomic E-state index is -0.540. The van der Waals surface area contributed by atoms with Crippen molar-refractivity contribution in [1.29, 1.82) is 0 Å². The maximum absolute atomic E-state index is 10.8. The summed E-state index contributed by atoms with van der Waals surface area (Å²) in [4.78, 5) is 14.9. The zero-order valence-corrected chi connectivity index (χ0v) is 11.7. The lowest BCUT2D eigenvalue weighted by Gasteiger charge is -2.12. The molecule has 7 nitrogen and oxygen atoms in total. The van der Waals surface area contributed by atoms with Crippen LogP contribution in [0.3, 0.4) is 0 Å². The van der Waals surface area contributed by atoms with Crippen molar-refractivity contribution in [2.45, 2.75) is 6.61 Å². The number of amides is 1. The van der Waals surface area contributed by atoms with Crippen LogP contribution < -0.4 is 15.2 Å². The van der Waals surface area contributed by atoms with E-state index in [1.54, 1.807) is 22.7 Å². The predicted molar refractivity (Wildman–Crippen MR) is 78.5 cm³/mol. The number of nitrogens with two attached hydrogens (primary N) is 1. The van der Waals surface area contributed by atoms with Crippen LogP contribution in [0.2, 0.25) is 0 Å². The number of fused-ring (bicyclic) bond motifs is 1. The normalized spacial score (nSPS) is 10.5. The number of benzene rings is 1. The Balaban J connectivity index is 1.76. The number of hydrogen-bond donors (Lipinski definition) is 1. The molecular weight excluding hydrogens is 284 g/mol. The molecule has 1 aromatic carbocycles. The summed E-state index contributed by atoms with van der Waals surface area (Å²) >= 11 is 0. The molecule has 0 aliphatic heterocycles. The van der Waals surface area contributed by atoms with Crippen molar-refractivity contribution in [2.24, 2.45) is 5.73 Å². The van der Waals surface area contributed by atoms with Gasteiger partial charge in [-0.2, -0.15) is 5.10 Å². The maximum Gasteiger partial charge on any atom is 0.255 e. The number of rotatable bonds is 6.